The second kappa shape index (κ2) is 7.86. The van der Waals surface area contributed by atoms with Crippen LogP contribution >= 0.6 is 0 Å². The molecule has 1 saturated heterocycles. The number of hydrogen-bond donors (Lipinski definition) is 1. The highest BCUT2D eigenvalue weighted by Gasteiger charge is 2.41. The van der Waals surface area contributed by atoms with Crippen molar-refractivity contribution in [3.05, 3.63) is 71.3 Å². The number of amides is 2. The number of benzene rings is 2. The largest absolute Gasteiger partial charge is 0.354 e. The third-order valence-corrected chi connectivity index (χ3v) is 4.76. The van der Waals surface area contributed by atoms with Gasteiger partial charge in [-0.05, 0) is 43.7 Å². The number of hydrogen-bond acceptors (Lipinski definition) is 2. The van der Waals surface area contributed by atoms with E-state index in [2.05, 4.69) is 5.32 Å². The predicted octanol–water partition coefficient (Wildman–Crippen LogP) is 3.35. The Morgan fingerprint density at radius 2 is 1.81 bits per heavy atom. The average Bonchev–Trinajstić information content (AvgIpc) is 3.06. The summed E-state index contributed by atoms with van der Waals surface area (Å²) in [5, 5.41) is 2.86. The molecule has 1 N–H and O–H groups in total. The fraction of sp³-hybridized carbons (Fsp3) is 0.333. The zero-order valence-electron chi connectivity index (χ0n) is 15.3. The van der Waals surface area contributed by atoms with Gasteiger partial charge in [-0.1, -0.05) is 24.3 Å². The molecule has 1 aliphatic heterocycles. The average molecular weight is 372 g/mol. The Morgan fingerprint density at radius 1 is 1.07 bits per heavy atom. The first-order valence-corrected chi connectivity index (χ1v) is 8.96. The summed E-state index contributed by atoms with van der Waals surface area (Å²) in [4.78, 5) is 26.9. The summed E-state index contributed by atoms with van der Waals surface area (Å²) in [5.41, 5.74) is 0.628. The minimum absolute atomic E-state index is 0.0274. The van der Waals surface area contributed by atoms with E-state index in [1.165, 1.54) is 35.2 Å². The fourth-order valence-corrected chi connectivity index (χ4v) is 3.51. The molecule has 1 aliphatic rings. The lowest BCUT2D eigenvalue weighted by molar-refractivity contribution is -0.125. The molecule has 6 heteroatoms. The molecular formula is C21H22F2N2O2. The normalized spacial score (nSPS) is 19.4. The third-order valence-electron chi connectivity index (χ3n) is 4.76. The highest BCUT2D eigenvalue weighted by molar-refractivity contribution is 5.95. The zero-order chi connectivity index (χ0) is 19.6. The molecular weight excluding hydrogens is 350 g/mol. The molecule has 2 aromatic rings. The zero-order valence-corrected chi connectivity index (χ0v) is 15.3. The Bertz CT molecular complexity index is 854. The minimum Gasteiger partial charge on any atom is -0.354 e. The van der Waals surface area contributed by atoms with Crippen molar-refractivity contribution in [3.63, 3.8) is 0 Å². The van der Waals surface area contributed by atoms with E-state index in [4.69, 9.17) is 0 Å². The van der Waals surface area contributed by atoms with Gasteiger partial charge in [0.05, 0.1) is 11.5 Å². The number of carbonyl (C=O) groups is 2. The van der Waals surface area contributed by atoms with E-state index >= 15 is 0 Å². The highest BCUT2D eigenvalue weighted by atomic mass is 19.1. The molecule has 2 aromatic carbocycles. The summed E-state index contributed by atoms with van der Waals surface area (Å²) in [6, 6.07) is 11.8. The first kappa shape index (κ1) is 19.0. The predicted molar refractivity (Wildman–Crippen MR) is 98.2 cm³/mol. The van der Waals surface area contributed by atoms with Crippen LogP contribution in [-0.4, -0.2) is 35.8 Å². The number of carbonyl (C=O) groups excluding carboxylic acids is 2. The Kier molecular flexibility index (Phi) is 5.54. The smallest absolute Gasteiger partial charge is 0.256 e. The van der Waals surface area contributed by atoms with Crippen molar-refractivity contribution in [3.8, 4) is 0 Å². The third kappa shape index (κ3) is 4.15. The standard InChI is InChI=1S/C21H22F2N2O2/c1-13(2)24-20(26)18-12-25(21(27)16-8-3-4-9-19(16)23)11-17(18)14-6-5-7-15(22)10-14/h3-10,13,17-18H,11-12H2,1-2H3,(H,24,26)/t17-,18+/m1/s1. The van der Waals surface area contributed by atoms with Crippen LogP contribution in [0.2, 0.25) is 0 Å². The maximum atomic E-state index is 14.0. The SMILES string of the molecule is CC(C)NC(=O)[C@H]1CN(C(=O)c2ccccc2F)C[C@@H]1c1cccc(F)c1. The highest BCUT2D eigenvalue weighted by Crippen LogP contribution is 2.34. The van der Waals surface area contributed by atoms with Crippen molar-refractivity contribution in [1.29, 1.82) is 0 Å². The summed E-state index contributed by atoms with van der Waals surface area (Å²) in [6.07, 6.45) is 0. The summed E-state index contributed by atoms with van der Waals surface area (Å²) in [7, 11) is 0. The van der Waals surface area contributed by atoms with Crippen LogP contribution in [0.15, 0.2) is 48.5 Å². The van der Waals surface area contributed by atoms with Crippen LogP contribution in [0.25, 0.3) is 0 Å². The van der Waals surface area contributed by atoms with Crippen LogP contribution in [-0.2, 0) is 4.79 Å². The molecule has 0 aromatic heterocycles. The topological polar surface area (TPSA) is 49.4 Å². The van der Waals surface area contributed by atoms with Gasteiger partial charge in [-0.3, -0.25) is 9.59 Å². The number of likely N-dealkylation sites (tertiary alicyclic amines) is 1. The molecule has 27 heavy (non-hydrogen) atoms. The van der Waals surface area contributed by atoms with Gasteiger partial charge in [0, 0.05) is 25.0 Å². The maximum Gasteiger partial charge on any atom is 0.256 e. The van der Waals surface area contributed by atoms with Crippen molar-refractivity contribution in [2.45, 2.75) is 25.8 Å². The summed E-state index contributed by atoms with van der Waals surface area (Å²) < 4.78 is 27.7. The number of nitrogens with zero attached hydrogens (tertiary/aromatic N) is 1. The van der Waals surface area contributed by atoms with Gasteiger partial charge >= 0.3 is 0 Å². The molecule has 0 unspecified atom stereocenters. The second-order valence-corrected chi connectivity index (χ2v) is 7.12. The van der Waals surface area contributed by atoms with Crippen LogP contribution < -0.4 is 5.32 Å². The lowest BCUT2D eigenvalue weighted by atomic mass is 9.88. The molecule has 2 atom stereocenters. The molecule has 0 aliphatic carbocycles. The minimum atomic E-state index is -0.597. The lowest BCUT2D eigenvalue weighted by Gasteiger charge is -2.19. The Labute approximate surface area is 157 Å². The van der Waals surface area contributed by atoms with Crippen molar-refractivity contribution in [2.24, 2.45) is 5.92 Å². The van der Waals surface area contributed by atoms with Crippen molar-refractivity contribution < 1.29 is 18.4 Å². The number of nitrogens with one attached hydrogen (secondary N) is 1. The number of rotatable bonds is 4. The van der Waals surface area contributed by atoms with Gasteiger partial charge in [-0.15, -0.1) is 0 Å². The van der Waals surface area contributed by atoms with Crippen LogP contribution in [0.1, 0.15) is 35.7 Å². The molecule has 3 rings (SSSR count). The molecule has 0 radical (unpaired) electrons. The monoisotopic (exact) mass is 372 g/mol. The van der Waals surface area contributed by atoms with E-state index in [-0.39, 0.29) is 36.5 Å². The van der Waals surface area contributed by atoms with Gasteiger partial charge in [0.15, 0.2) is 0 Å². The van der Waals surface area contributed by atoms with Crippen LogP contribution in [0.3, 0.4) is 0 Å². The van der Waals surface area contributed by atoms with E-state index in [1.807, 2.05) is 13.8 Å². The van der Waals surface area contributed by atoms with E-state index in [0.29, 0.717) is 5.56 Å². The first-order chi connectivity index (χ1) is 12.9. The summed E-state index contributed by atoms with van der Waals surface area (Å²) in [6.45, 7) is 4.10. The van der Waals surface area contributed by atoms with Gasteiger partial charge in [-0.25, -0.2) is 8.78 Å². The van der Waals surface area contributed by atoms with Crippen LogP contribution in [0, 0.1) is 17.6 Å². The molecule has 1 fully saturated rings. The van der Waals surface area contributed by atoms with Crippen LogP contribution in [0.4, 0.5) is 8.78 Å². The molecule has 2 amide bonds. The van der Waals surface area contributed by atoms with Gasteiger partial charge in [-0.2, -0.15) is 0 Å². The van der Waals surface area contributed by atoms with Crippen LogP contribution in [0.5, 0.6) is 0 Å². The van der Waals surface area contributed by atoms with Crippen molar-refractivity contribution in [2.75, 3.05) is 13.1 Å². The molecule has 1 heterocycles. The van der Waals surface area contributed by atoms with Crippen molar-refractivity contribution in [1.82, 2.24) is 10.2 Å². The first-order valence-electron chi connectivity index (χ1n) is 8.96. The molecule has 0 saturated carbocycles. The quantitative estimate of drug-likeness (QED) is 0.895. The van der Waals surface area contributed by atoms with Gasteiger partial charge < -0.3 is 10.2 Å². The second-order valence-electron chi connectivity index (χ2n) is 7.12. The maximum absolute atomic E-state index is 14.0. The molecule has 4 nitrogen and oxygen atoms in total. The molecule has 142 valence electrons. The molecule has 0 spiro atoms. The Balaban J connectivity index is 1.90. The Hall–Kier alpha value is -2.76. The summed E-state index contributed by atoms with van der Waals surface area (Å²) in [5.74, 6) is -2.52. The number of halogens is 2. The van der Waals surface area contributed by atoms with Gasteiger partial charge in [0.1, 0.15) is 11.6 Å². The van der Waals surface area contributed by atoms with E-state index in [1.54, 1.807) is 18.2 Å². The van der Waals surface area contributed by atoms with E-state index in [0.717, 1.165) is 0 Å². The fourth-order valence-electron chi connectivity index (χ4n) is 3.51. The van der Waals surface area contributed by atoms with Crippen molar-refractivity contribution >= 4 is 11.8 Å². The van der Waals surface area contributed by atoms with Gasteiger partial charge in [0.2, 0.25) is 5.91 Å². The summed E-state index contributed by atoms with van der Waals surface area (Å²) >= 11 is 0. The Morgan fingerprint density at radius 3 is 2.48 bits per heavy atom. The lowest BCUT2D eigenvalue weighted by Crippen LogP contribution is -2.39. The van der Waals surface area contributed by atoms with E-state index < -0.39 is 23.5 Å². The van der Waals surface area contributed by atoms with E-state index in [9.17, 15) is 18.4 Å². The molecule has 0 bridgehead atoms. The van der Waals surface area contributed by atoms with Gasteiger partial charge in [0.25, 0.3) is 5.91 Å².